The SMILES string of the molecule is O=C(O)CC(CN1C(=O)C(=O)C(C(=O)c2ccccc2)C1c1ccc(Cl)cc1)c1ccccc1. The van der Waals surface area contributed by atoms with Gasteiger partial charge in [0.05, 0.1) is 12.5 Å². The molecule has 1 aliphatic rings. The number of carboxylic acid groups (broad SMARTS) is 1. The number of carbonyl (C=O) groups excluding carboxylic acids is 3. The molecule has 1 heterocycles. The summed E-state index contributed by atoms with van der Waals surface area (Å²) in [6.07, 6.45) is -0.230. The summed E-state index contributed by atoms with van der Waals surface area (Å²) in [6.45, 7) is -0.0211. The quantitative estimate of drug-likeness (QED) is 0.293. The van der Waals surface area contributed by atoms with Crippen LogP contribution in [0.1, 0.15) is 39.9 Å². The summed E-state index contributed by atoms with van der Waals surface area (Å²) in [5.74, 6) is -4.85. The first-order valence-electron chi connectivity index (χ1n) is 10.8. The number of hydrogen-bond acceptors (Lipinski definition) is 4. The second kappa shape index (κ2) is 10.0. The maximum Gasteiger partial charge on any atom is 0.304 e. The van der Waals surface area contributed by atoms with Gasteiger partial charge in [0, 0.05) is 23.0 Å². The van der Waals surface area contributed by atoms with Crippen molar-refractivity contribution in [3.05, 3.63) is 107 Å². The number of carboxylic acids is 1. The molecule has 1 saturated heterocycles. The van der Waals surface area contributed by atoms with Crippen molar-refractivity contribution < 1.29 is 24.3 Å². The number of ketones is 2. The van der Waals surface area contributed by atoms with Gasteiger partial charge < -0.3 is 10.0 Å². The Labute approximate surface area is 201 Å². The molecule has 1 N–H and O–H groups in total. The van der Waals surface area contributed by atoms with Crippen LogP contribution in [0.15, 0.2) is 84.9 Å². The minimum Gasteiger partial charge on any atom is -0.481 e. The van der Waals surface area contributed by atoms with Crippen LogP contribution in [-0.2, 0) is 14.4 Å². The third-order valence-electron chi connectivity index (χ3n) is 6.07. The highest BCUT2D eigenvalue weighted by Crippen LogP contribution is 2.40. The highest BCUT2D eigenvalue weighted by atomic mass is 35.5. The molecule has 3 unspecified atom stereocenters. The number of nitrogens with zero attached hydrogens (tertiary/aromatic N) is 1. The molecule has 0 bridgehead atoms. The van der Waals surface area contributed by atoms with Crippen LogP contribution in [0.3, 0.4) is 0 Å². The highest BCUT2D eigenvalue weighted by molar-refractivity contribution is 6.44. The molecule has 7 heteroatoms. The largest absolute Gasteiger partial charge is 0.481 e. The fourth-order valence-corrected chi connectivity index (χ4v) is 4.58. The lowest BCUT2D eigenvalue weighted by atomic mass is 9.86. The lowest BCUT2D eigenvalue weighted by molar-refractivity contribution is -0.141. The summed E-state index contributed by atoms with van der Waals surface area (Å²) in [6, 6.07) is 23.1. The Morgan fingerprint density at radius 1 is 0.882 bits per heavy atom. The summed E-state index contributed by atoms with van der Waals surface area (Å²) in [7, 11) is 0. The van der Waals surface area contributed by atoms with Crippen LogP contribution in [0, 0.1) is 5.92 Å². The second-order valence-electron chi connectivity index (χ2n) is 8.23. The topological polar surface area (TPSA) is 91.8 Å². The van der Waals surface area contributed by atoms with Crippen LogP contribution in [0.4, 0.5) is 0 Å². The van der Waals surface area contributed by atoms with Gasteiger partial charge in [-0.3, -0.25) is 19.2 Å². The van der Waals surface area contributed by atoms with Gasteiger partial charge in [0.2, 0.25) is 5.78 Å². The van der Waals surface area contributed by atoms with E-state index in [1.54, 1.807) is 78.9 Å². The van der Waals surface area contributed by atoms with E-state index in [1.165, 1.54) is 4.90 Å². The molecular formula is C27H22ClNO5. The van der Waals surface area contributed by atoms with E-state index in [-0.39, 0.29) is 13.0 Å². The molecule has 3 aromatic carbocycles. The molecule has 0 radical (unpaired) electrons. The number of likely N-dealkylation sites (tertiary alicyclic amines) is 1. The molecule has 0 aliphatic carbocycles. The number of aliphatic carboxylic acids is 1. The first-order chi connectivity index (χ1) is 16.4. The van der Waals surface area contributed by atoms with Gasteiger partial charge in [-0.2, -0.15) is 0 Å². The molecule has 0 saturated carbocycles. The van der Waals surface area contributed by atoms with Crippen LogP contribution in [-0.4, -0.2) is 40.0 Å². The Hall–Kier alpha value is -3.77. The van der Waals surface area contributed by atoms with E-state index >= 15 is 0 Å². The summed E-state index contributed by atoms with van der Waals surface area (Å²) >= 11 is 6.05. The lowest BCUT2D eigenvalue weighted by Crippen LogP contribution is -2.35. The van der Waals surface area contributed by atoms with Gasteiger partial charge >= 0.3 is 5.97 Å². The zero-order valence-electron chi connectivity index (χ0n) is 18.1. The summed E-state index contributed by atoms with van der Waals surface area (Å²) in [5.41, 5.74) is 1.65. The maximum absolute atomic E-state index is 13.4. The number of Topliss-reactive ketones (excluding diaryl/α,β-unsaturated/α-hetero) is 2. The van der Waals surface area contributed by atoms with E-state index in [9.17, 15) is 24.3 Å². The molecule has 3 aromatic rings. The molecule has 34 heavy (non-hydrogen) atoms. The Bertz CT molecular complexity index is 1210. The number of carbonyl (C=O) groups is 4. The van der Waals surface area contributed by atoms with Gasteiger partial charge in [0.25, 0.3) is 5.91 Å². The van der Waals surface area contributed by atoms with Crippen LogP contribution < -0.4 is 0 Å². The van der Waals surface area contributed by atoms with Crippen molar-refractivity contribution in [1.29, 1.82) is 0 Å². The number of amides is 1. The van der Waals surface area contributed by atoms with Crippen LogP contribution in [0.2, 0.25) is 5.02 Å². The minimum absolute atomic E-state index is 0.0211. The van der Waals surface area contributed by atoms with Gasteiger partial charge in [-0.15, -0.1) is 0 Å². The summed E-state index contributed by atoms with van der Waals surface area (Å²) < 4.78 is 0. The molecule has 3 atom stereocenters. The molecular weight excluding hydrogens is 454 g/mol. The zero-order chi connectivity index (χ0) is 24.2. The van der Waals surface area contributed by atoms with Gasteiger partial charge in [0.1, 0.15) is 5.92 Å². The number of rotatable bonds is 8. The molecule has 4 rings (SSSR count). The molecule has 6 nitrogen and oxygen atoms in total. The van der Waals surface area contributed by atoms with Crippen LogP contribution in [0.25, 0.3) is 0 Å². The third-order valence-corrected chi connectivity index (χ3v) is 6.32. The maximum atomic E-state index is 13.4. The Morgan fingerprint density at radius 3 is 2.06 bits per heavy atom. The average Bonchev–Trinajstić information content (AvgIpc) is 3.09. The van der Waals surface area contributed by atoms with Gasteiger partial charge in [0.15, 0.2) is 5.78 Å². The first-order valence-corrected chi connectivity index (χ1v) is 11.2. The van der Waals surface area contributed by atoms with Crippen molar-refractivity contribution in [3.63, 3.8) is 0 Å². The predicted molar refractivity (Wildman–Crippen MR) is 127 cm³/mol. The van der Waals surface area contributed by atoms with E-state index < -0.39 is 41.3 Å². The standard InChI is InChI=1S/C27H22ClNO5/c28-21-13-11-18(12-14-21)24-23(25(32)19-9-5-2-6-10-19)26(33)27(34)29(24)16-20(15-22(30)31)17-7-3-1-4-8-17/h1-14,20,23-24H,15-16H2,(H,30,31). The van der Waals surface area contributed by atoms with Crippen molar-refractivity contribution in [3.8, 4) is 0 Å². The predicted octanol–water partition coefficient (Wildman–Crippen LogP) is 4.55. The highest BCUT2D eigenvalue weighted by Gasteiger charge is 2.52. The summed E-state index contributed by atoms with van der Waals surface area (Å²) in [4.78, 5) is 52.7. The monoisotopic (exact) mass is 475 g/mol. The van der Waals surface area contributed by atoms with Gasteiger partial charge in [-0.25, -0.2) is 0 Å². The van der Waals surface area contributed by atoms with Crippen molar-refractivity contribution in [2.75, 3.05) is 6.54 Å². The van der Waals surface area contributed by atoms with E-state index in [0.717, 1.165) is 5.56 Å². The Morgan fingerprint density at radius 2 is 1.47 bits per heavy atom. The molecule has 0 spiro atoms. The third kappa shape index (κ3) is 4.77. The van der Waals surface area contributed by atoms with E-state index in [1.807, 2.05) is 6.07 Å². The van der Waals surface area contributed by atoms with Crippen molar-refractivity contribution in [2.24, 2.45) is 5.92 Å². The Kier molecular flexibility index (Phi) is 6.89. The fraction of sp³-hybridized carbons (Fsp3) is 0.185. The first kappa shape index (κ1) is 23.4. The Balaban J connectivity index is 1.77. The average molecular weight is 476 g/mol. The molecule has 172 valence electrons. The molecule has 1 amide bonds. The molecule has 1 fully saturated rings. The number of hydrogen-bond donors (Lipinski definition) is 1. The van der Waals surface area contributed by atoms with Gasteiger partial charge in [-0.1, -0.05) is 84.4 Å². The number of halogens is 1. The fourth-order valence-electron chi connectivity index (χ4n) is 4.46. The van der Waals surface area contributed by atoms with Crippen molar-refractivity contribution >= 4 is 35.0 Å². The van der Waals surface area contributed by atoms with Crippen molar-refractivity contribution in [1.82, 2.24) is 4.90 Å². The van der Waals surface area contributed by atoms with Crippen LogP contribution in [0.5, 0.6) is 0 Å². The van der Waals surface area contributed by atoms with E-state index in [2.05, 4.69) is 0 Å². The zero-order valence-corrected chi connectivity index (χ0v) is 18.9. The molecule has 1 aliphatic heterocycles. The molecule has 0 aromatic heterocycles. The van der Waals surface area contributed by atoms with Crippen LogP contribution >= 0.6 is 11.6 Å². The van der Waals surface area contributed by atoms with Gasteiger partial charge in [-0.05, 0) is 23.3 Å². The number of benzene rings is 3. The smallest absolute Gasteiger partial charge is 0.304 e. The second-order valence-corrected chi connectivity index (χ2v) is 8.67. The lowest BCUT2D eigenvalue weighted by Gasteiger charge is -2.30. The van der Waals surface area contributed by atoms with E-state index in [4.69, 9.17) is 11.6 Å². The van der Waals surface area contributed by atoms with Crippen molar-refractivity contribution in [2.45, 2.75) is 18.4 Å². The minimum atomic E-state index is -1.24. The van der Waals surface area contributed by atoms with E-state index in [0.29, 0.717) is 16.1 Å². The normalized spacial score (nSPS) is 18.7. The summed E-state index contributed by atoms with van der Waals surface area (Å²) in [5, 5.41) is 9.98.